The maximum Gasteiger partial charge on any atom is 0.261 e. The normalized spacial score (nSPS) is 15.9. The Morgan fingerprint density at radius 2 is 1.94 bits per heavy atom. The fourth-order valence-corrected chi connectivity index (χ4v) is 4.94. The number of rotatable bonds is 5. The van der Waals surface area contributed by atoms with Crippen molar-refractivity contribution in [3.63, 3.8) is 0 Å². The molecule has 1 amide bonds. The first-order valence-corrected chi connectivity index (χ1v) is 11.3. The van der Waals surface area contributed by atoms with E-state index in [2.05, 4.69) is 20.5 Å². The largest absolute Gasteiger partial charge is 0.388 e. The lowest BCUT2D eigenvalue weighted by Crippen LogP contribution is -2.44. The third-order valence-corrected chi connectivity index (χ3v) is 6.82. The molecule has 0 aliphatic heterocycles. The van der Waals surface area contributed by atoms with Crippen molar-refractivity contribution in [1.29, 1.82) is 0 Å². The van der Waals surface area contributed by atoms with E-state index in [1.54, 1.807) is 21.6 Å². The van der Waals surface area contributed by atoms with E-state index in [-0.39, 0.29) is 5.91 Å². The van der Waals surface area contributed by atoms with Gasteiger partial charge in [-0.2, -0.15) is 10.2 Å². The number of fused-ring (bicyclic) bond motifs is 1. The van der Waals surface area contributed by atoms with Crippen LogP contribution in [0.5, 0.6) is 0 Å². The lowest BCUT2D eigenvalue weighted by Gasteiger charge is -2.32. The molecular formula is C22H24N6O2S. The smallest absolute Gasteiger partial charge is 0.261 e. The van der Waals surface area contributed by atoms with Crippen LogP contribution in [0.15, 0.2) is 42.4 Å². The molecule has 1 aliphatic carbocycles. The quantitative estimate of drug-likeness (QED) is 0.500. The van der Waals surface area contributed by atoms with E-state index in [1.807, 2.05) is 37.1 Å². The van der Waals surface area contributed by atoms with Gasteiger partial charge >= 0.3 is 0 Å². The van der Waals surface area contributed by atoms with Gasteiger partial charge in [0.25, 0.3) is 5.91 Å². The standard InChI is InChI=1S/C22H24N6O2S/c1-27-11-17(9-25-27)16-8-23-20-18(10-26-28(20)12-16)15-7-19(31-13-15)21(29)24-14-22(30)5-3-2-4-6-22/h7-13,30H,2-6,14H2,1H3,(H,24,29). The lowest BCUT2D eigenvalue weighted by atomic mass is 9.85. The van der Waals surface area contributed by atoms with Gasteiger partial charge < -0.3 is 10.4 Å². The summed E-state index contributed by atoms with van der Waals surface area (Å²) < 4.78 is 3.49. The highest BCUT2D eigenvalue weighted by Crippen LogP contribution is 2.30. The van der Waals surface area contributed by atoms with E-state index in [0.717, 1.165) is 60.0 Å². The molecule has 1 fully saturated rings. The lowest BCUT2D eigenvalue weighted by molar-refractivity contribution is 0.00529. The molecule has 0 atom stereocenters. The van der Waals surface area contributed by atoms with Gasteiger partial charge in [0.05, 0.1) is 22.9 Å². The fraction of sp³-hybridized carbons (Fsp3) is 0.364. The molecule has 4 aromatic heterocycles. The van der Waals surface area contributed by atoms with Crippen molar-refractivity contribution < 1.29 is 9.90 Å². The highest BCUT2D eigenvalue weighted by Gasteiger charge is 2.29. The number of aromatic nitrogens is 5. The van der Waals surface area contributed by atoms with Crippen molar-refractivity contribution in [3.05, 3.63) is 47.3 Å². The number of amides is 1. The predicted octanol–water partition coefficient (Wildman–Crippen LogP) is 3.28. The second-order valence-corrected chi connectivity index (χ2v) is 9.15. The van der Waals surface area contributed by atoms with Gasteiger partial charge in [-0.15, -0.1) is 11.3 Å². The van der Waals surface area contributed by atoms with Gasteiger partial charge in [-0.25, -0.2) is 9.50 Å². The number of thiophene rings is 1. The average molecular weight is 437 g/mol. The average Bonchev–Trinajstić information content (AvgIpc) is 3.51. The zero-order valence-electron chi connectivity index (χ0n) is 17.3. The molecule has 0 spiro atoms. The van der Waals surface area contributed by atoms with Crippen LogP contribution >= 0.6 is 11.3 Å². The summed E-state index contributed by atoms with van der Waals surface area (Å²) in [5.41, 5.74) is 3.65. The number of nitrogens with one attached hydrogen (secondary N) is 1. The van der Waals surface area contributed by atoms with Crippen LogP contribution in [0.25, 0.3) is 27.9 Å². The Labute approximate surface area is 183 Å². The van der Waals surface area contributed by atoms with Crippen molar-refractivity contribution in [2.24, 2.45) is 7.05 Å². The zero-order valence-corrected chi connectivity index (χ0v) is 18.1. The molecule has 8 nitrogen and oxygen atoms in total. The number of hydrogen-bond donors (Lipinski definition) is 2. The van der Waals surface area contributed by atoms with Crippen molar-refractivity contribution in [2.75, 3.05) is 6.54 Å². The molecule has 2 N–H and O–H groups in total. The van der Waals surface area contributed by atoms with E-state index in [4.69, 9.17) is 0 Å². The molecule has 160 valence electrons. The number of aliphatic hydroxyl groups is 1. The van der Waals surface area contributed by atoms with Gasteiger partial charge in [-0.3, -0.25) is 9.48 Å². The number of carbonyl (C=O) groups is 1. The first kappa shape index (κ1) is 19.9. The molecular weight excluding hydrogens is 412 g/mol. The van der Waals surface area contributed by atoms with E-state index in [1.165, 1.54) is 11.3 Å². The third kappa shape index (κ3) is 3.98. The Hall–Kier alpha value is -3.04. The maximum atomic E-state index is 12.6. The van der Waals surface area contributed by atoms with Crippen molar-refractivity contribution in [1.82, 2.24) is 29.7 Å². The molecule has 0 aromatic carbocycles. The Morgan fingerprint density at radius 1 is 1.13 bits per heavy atom. The molecule has 1 aliphatic rings. The zero-order chi connectivity index (χ0) is 21.4. The molecule has 31 heavy (non-hydrogen) atoms. The summed E-state index contributed by atoms with van der Waals surface area (Å²) in [6.45, 7) is 0.300. The Bertz CT molecular complexity index is 1230. The minimum atomic E-state index is -0.771. The minimum absolute atomic E-state index is 0.154. The van der Waals surface area contributed by atoms with Crippen molar-refractivity contribution in [3.8, 4) is 22.3 Å². The topological polar surface area (TPSA) is 97.3 Å². The van der Waals surface area contributed by atoms with E-state index in [9.17, 15) is 9.90 Å². The van der Waals surface area contributed by atoms with E-state index in [0.29, 0.717) is 11.4 Å². The van der Waals surface area contributed by atoms with Crippen molar-refractivity contribution >= 4 is 22.9 Å². The first-order chi connectivity index (χ1) is 15.0. The van der Waals surface area contributed by atoms with Crippen LogP contribution in [0.4, 0.5) is 0 Å². The summed E-state index contributed by atoms with van der Waals surface area (Å²) in [5, 5.41) is 24.1. The number of hydrogen-bond acceptors (Lipinski definition) is 6. The number of carbonyl (C=O) groups excluding carboxylic acids is 1. The summed E-state index contributed by atoms with van der Waals surface area (Å²) >= 11 is 1.38. The second kappa shape index (κ2) is 7.90. The van der Waals surface area contributed by atoms with Crippen LogP contribution in [0.3, 0.4) is 0 Å². The molecule has 1 saturated carbocycles. The van der Waals surface area contributed by atoms with Gasteiger partial charge in [0.15, 0.2) is 5.65 Å². The van der Waals surface area contributed by atoms with Gasteiger partial charge in [-0.1, -0.05) is 19.3 Å². The van der Waals surface area contributed by atoms with Crippen LogP contribution in [-0.2, 0) is 7.05 Å². The molecule has 0 saturated heterocycles. The number of aryl methyl sites for hydroxylation is 1. The molecule has 9 heteroatoms. The molecule has 4 heterocycles. The summed E-state index contributed by atoms with van der Waals surface area (Å²) in [4.78, 5) is 17.8. The molecule has 0 unspecified atom stereocenters. The Kier molecular flexibility index (Phi) is 5.07. The molecule has 0 radical (unpaired) electrons. The highest BCUT2D eigenvalue weighted by atomic mass is 32.1. The van der Waals surface area contributed by atoms with Crippen LogP contribution < -0.4 is 5.32 Å². The van der Waals surface area contributed by atoms with Crippen LogP contribution in [-0.4, -0.2) is 47.5 Å². The summed E-state index contributed by atoms with van der Waals surface area (Å²) in [7, 11) is 1.88. The van der Waals surface area contributed by atoms with Crippen LogP contribution in [0, 0.1) is 0 Å². The summed E-state index contributed by atoms with van der Waals surface area (Å²) in [6, 6.07) is 1.86. The SMILES string of the molecule is Cn1cc(-c2cnc3c(-c4csc(C(=O)NCC5(O)CCCCC5)c4)cnn3c2)cn1. The van der Waals surface area contributed by atoms with E-state index < -0.39 is 5.60 Å². The first-order valence-electron chi connectivity index (χ1n) is 10.4. The fourth-order valence-electron chi connectivity index (χ4n) is 4.11. The monoisotopic (exact) mass is 436 g/mol. The van der Waals surface area contributed by atoms with Crippen LogP contribution in [0.1, 0.15) is 41.8 Å². The number of nitrogens with zero attached hydrogens (tertiary/aromatic N) is 5. The molecule has 4 aromatic rings. The van der Waals surface area contributed by atoms with Crippen LogP contribution in [0.2, 0.25) is 0 Å². The maximum absolute atomic E-state index is 12.6. The van der Waals surface area contributed by atoms with Gasteiger partial charge in [-0.05, 0) is 29.9 Å². The minimum Gasteiger partial charge on any atom is -0.388 e. The van der Waals surface area contributed by atoms with Crippen molar-refractivity contribution in [2.45, 2.75) is 37.7 Å². The van der Waals surface area contributed by atoms with Gasteiger partial charge in [0, 0.05) is 48.9 Å². The second-order valence-electron chi connectivity index (χ2n) is 8.24. The predicted molar refractivity (Wildman–Crippen MR) is 119 cm³/mol. The van der Waals surface area contributed by atoms with E-state index >= 15 is 0 Å². The Balaban J connectivity index is 1.33. The highest BCUT2D eigenvalue weighted by molar-refractivity contribution is 7.12. The molecule has 5 rings (SSSR count). The summed E-state index contributed by atoms with van der Waals surface area (Å²) in [6.07, 6.45) is 13.9. The summed E-state index contributed by atoms with van der Waals surface area (Å²) in [5.74, 6) is -0.154. The van der Waals surface area contributed by atoms with Gasteiger partial charge in [0.2, 0.25) is 0 Å². The third-order valence-electron chi connectivity index (χ3n) is 5.89. The molecule has 0 bridgehead atoms. The Morgan fingerprint density at radius 3 is 2.71 bits per heavy atom. The van der Waals surface area contributed by atoms with Gasteiger partial charge in [0.1, 0.15) is 0 Å².